The van der Waals surface area contributed by atoms with Gasteiger partial charge in [-0.25, -0.2) is 0 Å². The number of benzene rings is 2. The molecule has 2 amide bonds. The first-order valence-electron chi connectivity index (χ1n) is 13.7. The molecule has 2 aliphatic rings. The smallest absolute Gasteiger partial charge is 0.251 e. The van der Waals surface area contributed by atoms with Crippen molar-refractivity contribution in [3.05, 3.63) is 80.0 Å². The first-order valence-corrected chi connectivity index (χ1v) is 14.5. The van der Waals surface area contributed by atoms with Crippen molar-refractivity contribution in [2.75, 3.05) is 31.2 Å². The molecule has 0 saturated heterocycles. The van der Waals surface area contributed by atoms with Crippen LogP contribution in [-0.4, -0.2) is 49.4 Å². The molecule has 8 nitrogen and oxygen atoms in total. The van der Waals surface area contributed by atoms with E-state index in [0.29, 0.717) is 41.2 Å². The molecule has 0 fully saturated rings. The SMILES string of the molecule is CC.CNc1cccc2c1CCC2C.N=Cc1cc(C(=O)NCC(=O)N2CCc3sc(C=O)cc3C2)ccc1N. The maximum Gasteiger partial charge on any atom is 0.251 e. The molecular formula is C31H39N5O3S. The minimum Gasteiger partial charge on any atom is -0.398 e. The lowest BCUT2D eigenvalue weighted by Gasteiger charge is -2.27. The summed E-state index contributed by atoms with van der Waals surface area (Å²) in [7, 11) is 2.00. The standard InChI is InChI=1S/C18H18N4O3S.C11H15N.C2H6/c19-7-12-5-11(1-2-15(12)20)18(25)21-8-17(24)22-4-3-16-13(9-22)6-14(10-23)26-16;1-8-6-7-10-9(8)4-3-5-11(10)12-2;1-2/h1-2,5-7,10,19H,3-4,8-9,20H2,(H,21,25);3-5,8,12H,6-7H2,1-2H3;1-2H3. The van der Waals surface area contributed by atoms with Crippen LogP contribution in [0.2, 0.25) is 0 Å². The predicted octanol–water partition coefficient (Wildman–Crippen LogP) is 5.26. The van der Waals surface area contributed by atoms with E-state index in [-0.39, 0.29) is 12.5 Å². The Kier molecular flexibility index (Phi) is 11.0. The lowest BCUT2D eigenvalue weighted by Crippen LogP contribution is -2.42. The highest BCUT2D eigenvalue weighted by atomic mass is 32.1. The molecule has 1 aliphatic heterocycles. The fourth-order valence-electron chi connectivity index (χ4n) is 4.93. The Morgan fingerprint density at radius 3 is 2.65 bits per heavy atom. The fourth-order valence-corrected chi connectivity index (χ4v) is 5.92. The summed E-state index contributed by atoms with van der Waals surface area (Å²) < 4.78 is 0. The molecule has 3 aromatic rings. The molecular weight excluding hydrogens is 522 g/mol. The van der Waals surface area contributed by atoms with Gasteiger partial charge >= 0.3 is 0 Å². The minimum absolute atomic E-state index is 0.108. The van der Waals surface area contributed by atoms with Gasteiger partial charge in [-0.2, -0.15) is 0 Å². The number of hydrogen-bond donors (Lipinski definition) is 4. The summed E-state index contributed by atoms with van der Waals surface area (Å²) in [6.45, 7) is 7.23. The molecule has 2 aromatic carbocycles. The summed E-state index contributed by atoms with van der Waals surface area (Å²) in [6.07, 6.45) is 5.18. The number of nitrogen functional groups attached to an aromatic ring is 1. The maximum atomic E-state index is 12.4. The molecule has 2 heterocycles. The van der Waals surface area contributed by atoms with E-state index in [2.05, 4.69) is 35.8 Å². The number of rotatable bonds is 6. The van der Waals surface area contributed by atoms with Gasteiger partial charge in [-0.05, 0) is 72.2 Å². The van der Waals surface area contributed by atoms with E-state index in [1.165, 1.54) is 41.5 Å². The number of anilines is 2. The van der Waals surface area contributed by atoms with Crippen molar-refractivity contribution in [2.24, 2.45) is 0 Å². The van der Waals surface area contributed by atoms with Crippen LogP contribution in [0.5, 0.6) is 0 Å². The van der Waals surface area contributed by atoms with Crippen molar-refractivity contribution in [3.63, 3.8) is 0 Å². The van der Waals surface area contributed by atoms with E-state index in [1.807, 2.05) is 27.0 Å². The zero-order valence-corrected chi connectivity index (χ0v) is 24.5. The van der Waals surface area contributed by atoms with Crippen LogP contribution in [0, 0.1) is 5.41 Å². The average molecular weight is 562 g/mol. The van der Waals surface area contributed by atoms with Crippen LogP contribution < -0.4 is 16.4 Å². The molecule has 212 valence electrons. The third-order valence-electron chi connectivity index (χ3n) is 7.10. The number of nitrogens with one attached hydrogen (secondary N) is 3. The second-order valence-corrected chi connectivity index (χ2v) is 10.7. The topological polar surface area (TPSA) is 128 Å². The molecule has 1 aliphatic carbocycles. The number of nitrogens with two attached hydrogens (primary N) is 1. The maximum absolute atomic E-state index is 12.4. The summed E-state index contributed by atoms with van der Waals surface area (Å²) >= 11 is 1.46. The van der Waals surface area contributed by atoms with E-state index < -0.39 is 5.91 Å². The van der Waals surface area contributed by atoms with Gasteiger partial charge in [-0.1, -0.05) is 32.9 Å². The van der Waals surface area contributed by atoms with Crippen molar-refractivity contribution in [1.29, 1.82) is 5.41 Å². The van der Waals surface area contributed by atoms with Gasteiger partial charge in [0.15, 0.2) is 6.29 Å². The molecule has 0 radical (unpaired) electrons. The molecule has 0 spiro atoms. The number of fused-ring (bicyclic) bond motifs is 2. The highest BCUT2D eigenvalue weighted by molar-refractivity contribution is 7.13. The van der Waals surface area contributed by atoms with Crippen LogP contribution in [0.1, 0.15) is 80.3 Å². The Balaban J connectivity index is 0.000000262. The zero-order valence-electron chi connectivity index (χ0n) is 23.7. The van der Waals surface area contributed by atoms with Crippen LogP contribution in [0.3, 0.4) is 0 Å². The van der Waals surface area contributed by atoms with Gasteiger partial charge in [-0.15, -0.1) is 11.3 Å². The average Bonchev–Trinajstić information content (AvgIpc) is 3.60. The van der Waals surface area contributed by atoms with Crippen molar-refractivity contribution in [1.82, 2.24) is 10.2 Å². The number of carbonyl (C=O) groups is 3. The molecule has 0 bridgehead atoms. The molecule has 9 heteroatoms. The zero-order chi connectivity index (χ0) is 29.2. The van der Waals surface area contributed by atoms with Crippen LogP contribution in [-0.2, 0) is 24.2 Å². The summed E-state index contributed by atoms with van der Waals surface area (Å²) in [4.78, 5) is 39.0. The van der Waals surface area contributed by atoms with Gasteiger partial charge in [-0.3, -0.25) is 14.4 Å². The van der Waals surface area contributed by atoms with Crippen molar-refractivity contribution in [3.8, 4) is 0 Å². The van der Waals surface area contributed by atoms with Gasteiger partial charge in [0.25, 0.3) is 5.91 Å². The van der Waals surface area contributed by atoms with E-state index >= 15 is 0 Å². The summed E-state index contributed by atoms with van der Waals surface area (Å²) in [5.41, 5.74) is 12.3. The first kappa shape index (κ1) is 30.6. The van der Waals surface area contributed by atoms with E-state index in [0.717, 1.165) is 28.9 Å². The van der Waals surface area contributed by atoms with Crippen molar-refractivity contribution >= 4 is 47.0 Å². The third-order valence-corrected chi connectivity index (χ3v) is 8.26. The number of hydrogen-bond acceptors (Lipinski definition) is 7. The number of nitrogens with zero attached hydrogens (tertiary/aromatic N) is 1. The molecule has 1 unspecified atom stereocenters. The van der Waals surface area contributed by atoms with E-state index in [9.17, 15) is 14.4 Å². The van der Waals surface area contributed by atoms with E-state index in [4.69, 9.17) is 11.1 Å². The molecule has 1 aromatic heterocycles. The van der Waals surface area contributed by atoms with Gasteiger partial charge in [0.2, 0.25) is 5.91 Å². The first-order chi connectivity index (χ1) is 19.3. The molecule has 40 heavy (non-hydrogen) atoms. The van der Waals surface area contributed by atoms with Crippen LogP contribution in [0.4, 0.5) is 11.4 Å². The molecule has 0 saturated carbocycles. The Bertz CT molecular complexity index is 1370. The third kappa shape index (κ3) is 7.15. The van der Waals surface area contributed by atoms with Crippen LogP contribution in [0.15, 0.2) is 42.5 Å². The van der Waals surface area contributed by atoms with Gasteiger partial charge < -0.3 is 26.7 Å². The van der Waals surface area contributed by atoms with Crippen LogP contribution in [0.25, 0.3) is 0 Å². The molecule has 1 atom stereocenters. The largest absolute Gasteiger partial charge is 0.398 e. The number of aldehydes is 1. The summed E-state index contributed by atoms with van der Waals surface area (Å²) in [5.74, 6) is 0.191. The molecule has 5 N–H and O–H groups in total. The normalized spacial score (nSPS) is 14.8. The fraction of sp³-hybridized carbons (Fsp3) is 0.355. The predicted molar refractivity (Wildman–Crippen MR) is 164 cm³/mol. The number of thiophene rings is 1. The van der Waals surface area contributed by atoms with Crippen molar-refractivity contribution < 1.29 is 14.4 Å². The number of carbonyl (C=O) groups excluding carboxylic acids is 3. The highest BCUT2D eigenvalue weighted by Crippen LogP contribution is 2.36. The lowest BCUT2D eigenvalue weighted by molar-refractivity contribution is -0.131. The summed E-state index contributed by atoms with van der Waals surface area (Å²) in [6, 6.07) is 13.0. The highest BCUT2D eigenvalue weighted by Gasteiger charge is 2.23. The van der Waals surface area contributed by atoms with Crippen LogP contribution >= 0.6 is 11.3 Å². The monoisotopic (exact) mass is 561 g/mol. The van der Waals surface area contributed by atoms with Gasteiger partial charge in [0.1, 0.15) is 0 Å². The van der Waals surface area contributed by atoms with E-state index in [1.54, 1.807) is 22.6 Å². The Labute approximate surface area is 240 Å². The Morgan fingerprint density at radius 1 is 1.18 bits per heavy atom. The lowest BCUT2D eigenvalue weighted by atomic mass is 10.0. The van der Waals surface area contributed by atoms with Gasteiger partial charge in [0, 0.05) is 53.7 Å². The van der Waals surface area contributed by atoms with Gasteiger partial charge in [0.05, 0.1) is 11.4 Å². The minimum atomic E-state index is -0.391. The van der Waals surface area contributed by atoms with Crippen molar-refractivity contribution in [2.45, 2.75) is 52.5 Å². The summed E-state index contributed by atoms with van der Waals surface area (Å²) in [5, 5.41) is 13.1. The quantitative estimate of drug-likeness (QED) is 0.185. The second kappa shape index (κ2) is 14.4. The molecule has 5 rings (SSSR count). The number of amides is 2. The second-order valence-electron chi connectivity index (χ2n) is 9.51. The Morgan fingerprint density at radius 2 is 1.95 bits per heavy atom. The Hall–Kier alpha value is -3.98.